The highest BCUT2D eigenvalue weighted by Gasteiger charge is 2.24. The van der Waals surface area contributed by atoms with Crippen LogP contribution in [-0.4, -0.2) is 84.0 Å². The van der Waals surface area contributed by atoms with E-state index in [9.17, 15) is 18.8 Å². The van der Waals surface area contributed by atoms with Gasteiger partial charge in [0.05, 0.1) is 0 Å². The summed E-state index contributed by atoms with van der Waals surface area (Å²) < 4.78 is 13.1. The molecule has 0 aliphatic heterocycles. The third-order valence-corrected chi connectivity index (χ3v) is 14.4. The molecule has 0 bridgehead atoms. The Labute approximate surface area is 462 Å². The minimum atomic E-state index is -0.267. The molecule has 1 aliphatic rings. The van der Waals surface area contributed by atoms with Crippen molar-refractivity contribution in [1.29, 1.82) is 0 Å². The topological polar surface area (TPSA) is 265 Å². The van der Waals surface area contributed by atoms with E-state index in [1.807, 2.05) is 36.4 Å². The molecule has 6 aromatic carbocycles. The van der Waals surface area contributed by atoms with E-state index in [0.29, 0.717) is 61.5 Å². The third-order valence-electron chi connectivity index (χ3n) is 14.4. The van der Waals surface area contributed by atoms with Crippen LogP contribution in [0.3, 0.4) is 0 Å². The maximum Gasteiger partial charge on any atom is 0.267 e. The fourth-order valence-electron chi connectivity index (χ4n) is 9.77. The first-order valence-corrected chi connectivity index (χ1v) is 27.0. The van der Waals surface area contributed by atoms with Gasteiger partial charge in [-0.05, 0) is 166 Å². The van der Waals surface area contributed by atoms with Gasteiger partial charge in [0.2, 0.25) is 0 Å². The quantitative estimate of drug-likeness (QED) is 0.0393. The second-order valence-electron chi connectivity index (χ2n) is 20.6. The normalized spacial score (nSPS) is 14.6. The van der Waals surface area contributed by atoms with Gasteiger partial charge in [-0.3, -0.25) is 14.4 Å². The number of carbonyl (C=O) groups excluding carboxylic acids is 3. The first-order valence-electron chi connectivity index (χ1n) is 27.0. The van der Waals surface area contributed by atoms with Crippen LogP contribution >= 0.6 is 0 Å². The molecule has 0 spiro atoms. The zero-order chi connectivity index (χ0) is 55.1. The second kappa shape index (κ2) is 28.1. The Morgan fingerprint density at radius 3 is 1.28 bits per heavy atom. The molecule has 1 aliphatic carbocycles. The molecular weight excluding hydrogens is 990 g/mol. The summed E-state index contributed by atoms with van der Waals surface area (Å²) in [6.07, 6.45) is 5.81. The highest BCUT2D eigenvalue weighted by atomic mass is 19.1. The molecule has 3 heterocycles. The fraction of sp³-hybridized carbons (Fsp3) is 0.297. The number of nitrogens with two attached hydrogens (primary N) is 5. The molecule has 79 heavy (non-hydrogen) atoms. The lowest BCUT2D eigenvalue weighted by Crippen LogP contribution is -2.38. The first kappa shape index (κ1) is 58.8. The van der Waals surface area contributed by atoms with Gasteiger partial charge in [0.15, 0.2) is 0 Å². The summed E-state index contributed by atoms with van der Waals surface area (Å²) in [4.78, 5) is 46.8. The summed E-state index contributed by atoms with van der Waals surface area (Å²) in [5, 5.41) is 11.8. The number of hydrogen-bond acceptors (Lipinski definition) is 8. The molecular formula is C64H78FN11O3. The Hall–Kier alpha value is -7.92. The Morgan fingerprint density at radius 1 is 0.506 bits per heavy atom. The number of nitrogens with one attached hydrogen (secondary N) is 6. The largest absolute Gasteiger partial charge is 0.351 e. The summed E-state index contributed by atoms with van der Waals surface area (Å²) in [7, 11) is 0. The van der Waals surface area contributed by atoms with E-state index in [-0.39, 0.29) is 43.0 Å². The van der Waals surface area contributed by atoms with Crippen molar-refractivity contribution in [3.05, 3.63) is 180 Å². The van der Waals surface area contributed by atoms with E-state index in [4.69, 9.17) is 28.7 Å². The van der Waals surface area contributed by atoms with Crippen LogP contribution in [0.4, 0.5) is 4.39 Å². The van der Waals surface area contributed by atoms with Gasteiger partial charge in [-0.15, -0.1) is 0 Å². The molecule has 3 amide bonds. The number of carbonyl (C=O) groups is 3. The maximum atomic E-state index is 13.1. The van der Waals surface area contributed by atoms with Crippen molar-refractivity contribution in [2.75, 3.05) is 39.3 Å². The number of hydrogen-bond donors (Lipinski definition) is 11. The standard InChI is InChI=1S/C23H27N3O.C21H26N4O.C19H21FN4O.CH4/c1-15-2-6-18(7-3-15)19-8-9-20-12-22(26-21(20)11-19)23(27)25-14-17-5-4-16(10-17)13-24;1-14-4-6-15(7-5-14)16-8-9-17-12-20(25-19(17)11-16)21(26)24-13-18(23)3-2-10-22;20-15-5-3-12(4-6-15)13-1-2-14-10-18(24-17(14)9-13)19(25)23-11-16(22)7-8-21;/h2-3,6-9,11-12,16-17,26H,4-5,10,13-14,24H2,1H3,(H,25,27);4-9,11-12,18,25H,2-3,10,13,22-23H2,1H3,(H,24,26);1-6,9-10,16,24H,7-8,11,21-22H2,(H,23,25);1H4/t16-,17+;18-;16-;/m110./s1. The van der Waals surface area contributed by atoms with Crippen LogP contribution in [0.2, 0.25) is 0 Å². The number of fused-ring (bicyclic) bond motifs is 3. The lowest BCUT2D eigenvalue weighted by Gasteiger charge is -2.11. The summed E-state index contributed by atoms with van der Waals surface area (Å²) in [6.45, 7) is 7.60. The van der Waals surface area contributed by atoms with Crippen LogP contribution in [-0.2, 0) is 0 Å². The van der Waals surface area contributed by atoms with Gasteiger partial charge in [-0.1, -0.05) is 116 Å². The number of benzene rings is 6. The van der Waals surface area contributed by atoms with Gasteiger partial charge in [0.25, 0.3) is 17.7 Å². The molecule has 16 N–H and O–H groups in total. The van der Waals surface area contributed by atoms with Crippen molar-refractivity contribution >= 4 is 50.4 Å². The molecule has 414 valence electrons. The Kier molecular flexibility index (Phi) is 20.9. The van der Waals surface area contributed by atoms with E-state index in [1.54, 1.807) is 18.2 Å². The molecule has 0 unspecified atom stereocenters. The number of amides is 3. The highest BCUT2D eigenvalue weighted by Crippen LogP contribution is 2.31. The van der Waals surface area contributed by atoms with Crippen molar-refractivity contribution < 1.29 is 18.8 Å². The van der Waals surface area contributed by atoms with E-state index >= 15 is 0 Å². The van der Waals surface area contributed by atoms with Gasteiger partial charge in [0.1, 0.15) is 22.9 Å². The van der Waals surface area contributed by atoms with E-state index in [1.165, 1.54) is 35.2 Å². The van der Waals surface area contributed by atoms with E-state index in [2.05, 4.69) is 124 Å². The minimum absolute atomic E-state index is 0. The molecule has 1 fully saturated rings. The third kappa shape index (κ3) is 16.1. The van der Waals surface area contributed by atoms with Gasteiger partial charge < -0.3 is 59.6 Å². The number of aryl methyl sites for hydroxylation is 2. The van der Waals surface area contributed by atoms with Crippen molar-refractivity contribution in [2.24, 2.45) is 40.5 Å². The molecule has 1 saturated carbocycles. The number of H-pyrrole nitrogens is 3. The van der Waals surface area contributed by atoms with Gasteiger partial charge in [-0.25, -0.2) is 4.39 Å². The van der Waals surface area contributed by atoms with Gasteiger partial charge in [0, 0.05) is 64.4 Å². The zero-order valence-electron chi connectivity index (χ0n) is 44.6. The number of aromatic nitrogens is 3. The summed E-state index contributed by atoms with van der Waals surface area (Å²) in [6, 6.07) is 46.9. The monoisotopic (exact) mass is 1070 g/mol. The molecule has 0 radical (unpaired) electrons. The van der Waals surface area contributed by atoms with Crippen molar-refractivity contribution in [3.63, 3.8) is 0 Å². The zero-order valence-corrected chi connectivity index (χ0v) is 44.6. The average molecular weight is 1070 g/mol. The van der Waals surface area contributed by atoms with Crippen LogP contribution in [0, 0.1) is 31.5 Å². The molecule has 0 saturated heterocycles. The summed E-state index contributed by atoms with van der Waals surface area (Å²) in [5.41, 5.74) is 41.9. The molecule has 3 aromatic heterocycles. The fourth-order valence-corrected chi connectivity index (χ4v) is 9.77. The van der Waals surface area contributed by atoms with Crippen LogP contribution in [0.1, 0.15) is 88.5 Å². The number of halogens is 1. The minimum Gasteiger partial charge on any atom is -0.351 e. The number of rotatable bonds is 18. The second-order valence-corrected chi connectivity index (χ2v) is 20.6. The molecule has 4 atom stereocenters. The van der Waals surface area contributed by atoms with Gasteiger partial charge >= 0.3 is 0 Å². The van der Waals surface area contributed by atoms with Crippen molar-refractivity contribution in [3.8, 4) is 33.4 Å². The maximum absolute atomic E-state index is 13.1. The lowest BCUT2D eigenvalue weighted by molar-refractivity contribution is 0.0936. The van der Waals surface area contributed by atoms with Gasteiger partial charge in [-0.2, -0.15) is 0 Å². The van der Waals surface area contributed by atoms with Crippen molar-refractivity contribution in [2.45, 2.75) is 71.9 Å². The average Bonchev–Trinajstić information content (AvgIpc) is 4.39. The van der Waals surface area contributed by atoms with Crippen LogP contribution in [0.15, 0.2) is 146 Å². The Bertz CT molecular complexity index is 3420. The van der Waals surface area contributed by atoms with Crippen LogP contribution in [0.25, 0.3) is 66.1 Å². The first-order chi connectivity index (χ1) is 37.7. The van der Waals surface area contributed by atoms with Crippen molar-refractivity contribution in [1.82, 2.24) is 30.9 Å². The number of aromatic amines is 3. The predicted molar refractivity (Wildman–Crippen MR) is 322 cm³/mol. The highest BCUT2D eigenvalue weighted by molar-refractivity contribution is 6.01. The SMILES string of the molecule is C.Cc1ccc(-c2ccc3cc(C(=O)NC[C@H](N)CCCN)[nH]c3c2)cc1.Cc1ccc(-c2ccc3cc(C(=O)NC[C@H]4CC[C@@H](CN)C4)[nH]c3c2)cc1.NCC[C@H](N)CNC(=O)c1cc2ccc(-c3ccc(F)cc3)cc2[nH]1. The molecule has 10 rings (SSSR count). The summed E-state index contributed by atoms with van der Waals surface area (Å²) in [5.74, 6) is 0.546. The van der Waals surface area contributed by atoms with E-state index in [0.717, 1.165) is 99.3 Å². The summed E-state index contributed by atoms with van der Waals surface area (Å²) >= 11 is 0. The van der Waals surface area contributed by atoms with E-state index < -0.39 is 0 Å². The van der Waals surface area contributed by atoms with Crippen LogP contribution < -0.4 is 44.6 Å². The molecule has 9 aromatic rings. The molecule has 15 heteroatoms. The Morgan fingerprint density at radius 2 is 0.886 bits per heavy atom. The lowest BCUT2D eigenvalue weighted by atomic mass is 10.0. The molecule has 14 nitrogen and oxygen atoms in total. The Balaban J connectivity index is 0.000000171. The van der Waals surface area contributed by atoms with Crippen LogP contribution in [0.5, 0.6) is 0 Å². The predicted octanol–water partition coefficient (Wildman–Crippen LogP) is 10.2. The smallest absolute Gasteiger partial charge is 0.267 e.